The number of benzene rings is 3. The van der Waals surface area contributed by atoms with Crippen LogP contribution in [0.1, 0.15) is 5.56 Å². The molecule has 1 N–H and O–H groups in total. The van der Waals surface area contributed by atoms with E-state index in [9.17, 15) is 9.18 Å². The average Bonchev–Trinajstić information content (AvgIpc) is 3.15. The molecule has 3 aromatic carbocycles. The fraction of sp³-hybridized carbons (Fsp3) is 0.0909. The van der Waals surface area contributed by atoms with E-state index in [0.717, 1.165) is 16.3 Å². The molecule has 1 amide bonds. The van der Waals surface area contributed by atoms with E-state index < -0.39 is 5.82 Å². The Balaban J connectivity index is 1.33. The van der Waals surface area contributed by atoms with Crippen molar-refractivity contribution < 1.29 is 13.9 Å². The second-order valence-corrected chi connectivity index (χ2v) is 6.89. The van der Waals surface area contributed by atoms with E-state index in [0.29, 0.717) is 23.1 Å². The Morgan fingerprint density at radius 3 is 2.72 bits per heavy atom. The van der Waals surface area contributed by atoms with Crippen LogP contribution in [0.3, 0.4) is 0 Å². The largest absolute Gasteiger partial charge is 0.484 e. The minimum Gasteiger partial charge on any atom is -0.484 e. The Morgan fingerprint density at radius 1 is 1.07 bits per heavy atom. The third-order valence-electron chi connectivity index (χ3n) is 4.35. The number of carbonyl (C=O) groups is 1. The van der Waals surface area contributed by atoms with Crippen LogP contribution >= 0.6 is 11.6 Å². The van der Waals surface area contributed by atoms with Crippen molar-refractivity contribution in [2.24, 2.45) is 0 Å². The Morgan fingerprint density at radius 2 is 1.90 bits per heavy atom. The highest BCUT2D eigenvalue weighted by atomic mass is 35.5. The first-order valence-corrected chi connectivity index (χ1v) is 9.33. The Kier molecular flexibility index (Phi) is 5.44. The van der Waals surface area contributed by atoms with E-state index >= 15 is 0 Å². The number of halogens is 2. The lowest BCUT2D eigenvalue weighted by atomic mass is 10.1. The molecule has 146 valence electrons. The third kappa shape index (κ3) is 4.73. The van der Waals surface area contributed by atoms with E-state index in [2.05, 4.69) is 10.4 Å². The van der Waals surface area contributed by atoms with Gasteiger partial charge in [-0.3, -0.25) is 9.48 Å². The zero-order chi connectivity index (χ0) is 20.2. The summed E-state index contributed by atoms with van der Waals surface area (Å²) < 4.78 is 20.3. The van der Waals surface area contributed by atoms with Crippen molar-refractivity contribution in [3.8, 4) is 5.75 Å². The first-order valence-electron chi connectivity index (χ1n) is 8.96. The van der Waals surface area contributed by atoms with E-state index in [-0.39, 0.29) is 12.5 Å². The molecule has 0 fully saturated rings. The Labute approximate surface area is 171 Å². The molecule has 1 aromatic heterocycles. The van der Waals surface area contributed by atoms with Crippen molar-refractivity contribution in [2.75, 3.05) is 11.9 Å². The summed E-state index contributed by atoms with van der Waals surface area (Å²) in [5.74, 6) is 0.312. The zero-order valence-electron chi connectivity index (χ0n) is 15.3. The van der Waals surface area contributed by atoms with Crippen LogP contribution in [0, 0.1) is 5.82 Å². The van der Waals surface area contributed by atoms with Crippen LogP contribution in [0.4, 0.5) is 10.2 Å². The van der Waals surface area contributed by atoms with Crippen molar-refractivity contribution >= 4 is 34.1 Å². The van der Waals surface area contributed by atoms with Crippen LogP contribution in [0.2, 0.25) is 5.02 Å². The molecule has 29 heavy (non-hydrogen) atoms. The highest BCUT2D eigenvalue weighted by molar-refractivity contribution is 6.31. The van der Waals surface area contributed by atoms with E-state index in [1.165, 1.54) is 12.1 Å². The van der Waals surface area contributed by atoms with Gasteiger partial charge in [0.15, 0.2) is 12.4 Å². The van der Waals surface area contributed by atoms with Crippen molar-refractivity contribution in [3.63, 3.8) is 0 Å². The minimum atomic E-state index is -0.390. The third-order valence-corrected chi connectivity index (χ3v) is 4.70. The van der Waals surface area contributed by atoms with Gasteiger partial charge in [0, 0.05) is 17.3 Å². The van der Waals surface area contributed by atoms with Gasteiger partial charge in [-0.05, 0) is 40.6 Å². The van der Waals surface area contributed by atoms with Crippen LogP contribution in [0.15, 0.2) is 72.9 Å². The highest BCUT2D eigenvalue weighted by Gasteiger charge is 2.08. The first-order chi connectivity index (χ1) is 14.1. The number of amides is 1. The zero-order valence-corrected chi connectivity index (χ0v) is 16.1. The van der Waals surface area contributed by atoms with Crippen LogP contribution < -0.4 is 10.1 Å². The molecule has 0 bridgehead atoms. The molecule has 0 aliphatic rings. The number of fused-ring (bicyclic) bond motifs is 1. The summed E-state index contributed by atoms with van der Waals surface area (Å²) in [5, 5.41) is 9.45. The van der Waals surface area contributed by atoms with Gasteiger partial charge in [0.1, 0.15) is 11.6 Å². The van der Waals surface area contributed by atoms with Gasteiger partial charge in [-0.25, -0.2) is 4.39 Å². The Hall–Kier alpha value is -3.38. The molecule has 0 saturated heterocycles. The lowest BCUT2D eigenvalue weighted by Crippen LogP contribution is -2.20. The van der Waals surface area contributed by atoms with Gasteiger partial charge in [0.25, 0.3) is 5.91 Å². The maximum Gasteiger partial charge on any atom is 0.263 e. The number of hydrogen-bond acceptors (Lipinski definition) is 3. The van der Waals surface area contributed by atoms with Gasteiger partial charge < -0.3 is 10.1 Å². The molecule has 1 heterocycles. The second-order valence-electron chi connectivity index (χ2n) is 6.48. The summed E-state index contributed by atoms with van der Waals surface area (Å²) in [5.41, 5.74) is 0.730. The van der Waals surface area contributed by atoms with Gasteiger partial charge in [-0.1, -0.05) is 48.0 Å². The van der Waals surface area contributed by atoms with E-state index in [1.807, 2.05) is 42.5 Å². The van der Waals surface area contributed by atoms with Gasteiger partial charge in [-0.15, -0.1) is 0 Å². The molecule has 4 aromatic rings. The van der Waals surface area contributed by atoms with Gasteiger partial charge in [0.2, 0.25) is 0 Å². The minimum absolute atomic E-state index is 0.130. The summed E-state index contributed by atoms with van der Waals surface area (Å²) in [7, 11) is 0. The SMILES string of the molecule is O=C(COc1ccc2ccccc2c1)Nc1ccn(Cc2ccc(F)cc2Cl)n1. The lowest BCUT2D eigenvalue weighted by Gasteiger charge is -2.07. The summed E-state index contributed by atoms with van der Waals surface area (Å²) in [4.78, 5) is 12.2. The van der Waals surface area contributed by atoms with Crippen LogP contribution in [0.5, 0.6) is 5.75 Å². The quantitative estimate of drug-likeness (QED) is 0.493. The smallest absolute Gasteiger partial charge is 0.263 e. The van der Waals surface area contributed by atoms with E-state index in [4.69, 9.17) is 16.3 Å². The van der Waals surface area contributed by atoms with Gasteiger partial charge in [0.05, 0.1) is 6.54 Å². The molecule has 5 nitrogen and oxygen atoms in total. The number of ether oxygens (including phenoxy) is 1. The van der Waals surface area contributed by atoms with Crippen LogP contribution in [-0.2, 0) is 11.3 Å². The summed E-state index contributed by atoms with van der Waals surface area (Å²) in [6.45, 7) is 0.234. The topological polar surface area (TPSA) is 56.1 Å². The molecular formula is C22H17ClFN3O2. The number of nitrogens with zero attached hydrogens (tertiary/aromatic N) is 2. The van der Waals surface area contributed by atoms with Gasteiger partial charge >= 0.3 is 0 Å². The summed E-state index contributed by atoms with van der Waals surface area (Å²) in [6, 6.07) is 19.5. The molecule has 0 saturated carbocycles. The second kappa shape index (κ2) is 8.32. The average molecular weight is 410 g/mol. The normalized spacial score (nSPS) is 10.8. The molecule has 0 unspecified atom stereocenters. The monoisotopic (exact) mass is 409 g/mol. The van der Waals surface area contributed by atoms with E-state index in [1.54, 1.807) is 23.0 Å². The predicted octanol–water partition coefficient (Wildman–Crippen LogP) is 4.89. The van der Waals surface area contributed by atoms with Crippen molar-refractivity contribution in [2.45, 2.75) is 6.54 Å². The maximum atomic E-state index is 13.1. The number of anilines is 1. The van der Waals surface area contributed by atoms with Crippen molar-refractivity contribution in [1.29, 1.82) is 0 Å². The standard InChI is InChI=1S/C22H17ClFN3O2/c23-20-12-18(24)7-5-17(20)13-27-10-9-21(26-27)25-22(28)14-29-19-8-6-15-3-1-2-4-16(15)11-19/h1-12H,13-14H2,(H,25,26,28). The van der Waals surface area contributed by atoms with Crippen LogP contribution in [-0.4, -0.2) is 22.3 Å². The number of nitrogens with one attached hydrogen (secondary N) is 1. The highest BCUT2D eigenvalue weighted by Crippen LogP contribution is 2.21. The number of hydrogen-bond donors (Lipinski definition) is 1. The number of aromatic nitrogens is 2. The fourth-order valence-electron chi connectivity index (χ4n) is 2.93. The van der Waals surface area contributed by atoms with Crippen LogP contribution in [0.25, 0.3) is 10.8 Å². The number of rotatable bonds is 6. The molecular weight excluding hydrogens is 393 g/mol. The lowest BCUT2D eigenvalue weighted by molar-refractivity contribution is -0.118. The van der Waals surface area contributed by atoms with Crippen molar-refractivity contribution in [1.82, 2.24) is 9.78 Å². The summed E-state index contributed by atoms with van der Waals surface area (Å²) >= 11 is 6.04. The first kappa shape index (κ1) is 19.0. The predicted molar refractivity (Wildman–Crippen MR) is 111 cm³/mol. The number of carbonyl (C=O) groups excluding carboxylic acids is 1. The molecule has 7 heteroatoms. The molecule has 4 rings (SSSR count). The maximum absolute atomic E-state index is 13.1. The Bertz CT molecular complexity index is 1180. The molecule has 0 atom stereocenters. The molecule has 0 radical (unpaired) electrons. The fourth-order valence-corrected chi connectivity index (χ4v) is 3.15. The van der Waals surface area contributed by atoms with Crippen molar-refractivity contribution in [3.05, 3.63) is 89.3 Å². The molecule has 0 aliphatic carbocycles. The van der Waals surface area contributed by atoms with Gasteiger partial charge in [-0.2, -0.15) is 5.10 Å². The summed E-state index contributed by atoms with van der Waals surface area (Å²) in [6.07, 6.45) is 1.71. The molecule has 0 aliphatic heterocycles. The molecule has 0 spiro atoms.